The number of carbonyl (C=O) groups excluding carboxylic acids is 3. The molecule has 0 fully saturated rings. The number of nitrogens with one attached hydrogen (secondary N) is 1. The van der Waals surface area contributed by atoms with Gasteiger partial charge in [-0.1, -0.05) is 30.7 Å². The molecule has 0 saturated carbocycles. The number of para-hydroxylation sites is 1. The highest BCUT2D eigenvalue weighted by Crippen LogP contribution is 2.34. The lowest BCUT2D eigenvalue weighted by Gasteiger charge is -2.11. The molecule has 0 bridgehead atoms. The van der Waals surface area contributed by atoms with E-state index in [9.17, 15) is 14.4 Å². The molecule has 9 nitrogen and oxygen atoms in total. The lowest BCUT2D eigenvalue weighted by atomic mass is 10.1. The number of anilines is 1. The van der Waals surface area contributed by atoms with Crippen LogP contribution in [0.4, 0.5) is 5.00 Å². The lowest BCUT2D eigenvalue weighted by Crippen LogP contribution is -2.20. The minimum atomic E-state index is -0.698. The third kappa shape index (κ3) is 5.09. The molecule has 0 atom stereocenters. The van der Waals surface area contributed by atoms with E-state index in [1.807, 2.05) is 6.92 Å². The second kappa shape index (κ2) is 10.3. The Labute approximate surface area is 193 Å². The summed E-state index contributed by atoms with van der Waals surface area (Å²) in [5.41, 5.74) is 6.05. The zero-order valence-electron chi connectivity index (χ0n) is 17.4. The van der Waals surface area contributed by atoms with Gasteiger partial charge in [-0.05, 0) is 37.1 Å². The van der Waals surface area contributed by atoms with Crippen molar-refractivity contribution in [2.75, 3.05) is 11.9 Å². The largest absolute Gasteiger partial charge is 0.470 e. The van der Waals surface area contributed by atoms with E-state index in [0.29, 0.717) is 22.8 Å². The highest BCUT2D eigenvalue weighted by Gasteiger charge is 2.26. The SMILES string of the molecule is CCCOC(=O)c1c(NC(=O)c2ccnn2COc2ccccc2Cl)sc(C(N)=O)c1C. The Kier molecular flexibility index (Phi) is 7.49. The summed E-state index contributed by atoms with van der Waals surface area (Å²) in [6, 6.07) is 8.42. The van der Waals surface area contributed by atoms with Crippen molar-refractivity contribution in [3.05, 3.63) is 63.2 Å². The number of esters is 1. The molecule has 0 radical (unpaired) electrons. The smallest absolute Gasteiger partial charge is 0.341 e. The predicted molar refractivity (Wildman–Crippen MR) is 120 cm³/mol. The average molecular weight is 477 g/mol. The standard InChI is InChI=1S/C21H21ClN4O5S/c1-3-10-30-21(29)16-12(2)17(18(23)27)32-20(16)25-19(28)14-8-9-24-26(14)11-31-15-7-5-4-6-13(15)22/h4-9H,3,10-11H2,1-2H3,(H2,23,27)(H,25,28). The van der Waals surface area contributed by atoms with Gasteiger partial charge < -0.3 is 20.5 Å². The maximum atomic E-state index is 12.9. The molecule has 32 heavy (non-hydrogen) atoms. The Bertz CT molecular complexity index is 1160. The molecule has 0 unspecified atom stereocenters. The highest BCUT2D eigenvalue weighted by atomic mass is 35.5. The predicted octanol–water partition coefficient (Wildman–Crippen LogP) is 3.86. The van der Waals surface area contributed by atoms with E-state index in [-0.39, 0.29) is 34.5 Å². The number of amides is 2. The van der Waals surface area contributed by atoms with Crippen LogP contribution in [0.15, 0.2) is 36.5 Å². The van der Waals surface area contributed by atoms with Gasteiger partial charge in [-0.2, -0.15) is 5.10 Å². The van der Waals surface area contributed by atoms with E-state index >= 15 is 0 Å². The summed E-state index contributed by atoms with van der Waals surface area (Å²) in [4.78, 5) is 37.4. The molecule has 168 valence electrons. The number of primary amides is 1. The number of nitrogens with zero attached hydrogens (tertiary/aromatic N) is 2. The molecule has 0 spiro atoms. The van der Waals surface area contributed by atoms with E-state index in [0.717, 1.165) is 11.3 Å². The molecule has 3 rings (SSSR count). The van der Waals surface area contributed by atoms with Gasteiger partial charge in [0.05, 0.1) is 22.1 Å². The highest BCUT2D eigenvalue weighted by molar-refractivity contribution is 7.18. The van der Waals surface area contributed by atoms with E-state index in [1.54, 1.807) is 31.2 Å². The van der Waals surface area contributed by atoms with Gasteiger partial charge in [0.1, 0.15) is 16.4 Å². The van der Waals surface area contributed by atoms with Crippen LogP contribution in [-0.2, 0) is 11.5 Å². The van der Waals surface area contributed by atoms with Gasteiger partial charge >= 0.3 is 5.97 Å². The van der Waals surface area contributed by atoms with Crippen molar-refractivity contribution < 1.29 is 23.9 Å². The van der Waals surface area contributed by atoms with E-state index in [1.165, 1.54) is 16.9 Å². The van der Waals surface area contributed by atoms with Crippen LogP contribution in [0, 0.1) is 6.92 Å². The second-order valence-electron chi connectivity index (χ2n) is 6.63. The van der Waals surface area contributed by atoms with Gasteiger partial charge in [-0.3, -0.25) is 9.59 Å². The van der Waals surface area contributed by atoms with Gasteiger partial charge in [0, 0.05) is 6.20 Å². The summed E-state index contributed by atoms with van der Waals surface area (Å²) in [5.74, 6) is -1.45. The third-order valence-corrected chi connectivity index (χ3v) is 5.90. The summed E-state index contributed by atoms with van der Waals surface area (Å²) in [7, 11) is 0. The molecule has 2 aromatic heterocycles. The van der Waals surface area contributed by atoms with Crippen LogP contribution in [0.25, 0.3) is 0 Å². The van der Waals surface area contributed by atoms with Crippen LogP contribution in [0.5, 0.6) is 5.75 Å². The summed E-state index contributed by atoms with van der Waals surface area (Å²) in [5, 5.41) is 7.36. The first-order valence-electron chi connectivity index (χ1n) is 9.64. The van der Waals surface area contributed by atoms with E-state index in [2.05, 4.69) is 10.4 Å². The third-order valence-electron chi connectivity index (χ3n) is 4.37. The second-order valence-corrected chi connectivity index (χ2v) is 8.06. The number of hydrogen-bond donors (Lipinski definition) is 2. The number of nitrogens with two attached hydrogens (primary N) is 1. The van der Waals surface area contributed by atoms with Crippen molar-refractivity contribution >= 4 is 45.7 Å². The minimum absolute atomic E-state index is 0.0686. The first kappa shape index (κ1) is 23.3. The van der Waals surface area contributed by atoms with Crippen LogP contribution >= 0.6 is 22.9 Å². The first-order valence-corrected chi connectivity index (χ1v) is 10.8. The maximum absolute atomic E-state index is 12.9. The average Bonchev–Trinajstić information content (AvgIpc) is 3.36. The Morgan fingerprint density at radius 2 is 2.00 bits per heavy atom. The molecule has 0 aliphatic rings. The van der Waals surface area contributed by atoms with Crippen molar-refractivity contribution in [1.82, 2.24) is 9.78 Å². The molecule has 3 N–H and O–H groups in total. The van der Waals surface area contributed by atoms with Gasteiger partial charge in [-0.15, -0.1) is 11.3 Å². The number of benzene rings is 1. The Morgan fingerprint density at radius 1 is 1.25 bits per heavy atom. The Balaban J connectivity index is 1.83. The molecule has 3 aromatic rings. The molecular weight excluding hydrogens is 456 g/mol. The number of aromatic nitrogens is 2. The monoisotopic (exact) mass is 476 g/mol. The van der Waals surface area contributed by atoms with Crippen molar-refractivity contribution in [2.24, 2.45) is 5.73 Å². The summed E-state index contributed by atoms with van der Waals surface area (Å²) in [6.45, 7) is 3.58. The molecule has 0 aliphatic carbocycles. The van der Waals surface area contributed by atoms with Crippen LogP contribution in [-0.4, -0.2) is 34.2 Å². The van der Waals surface area contributed by atoms with Gasteiger partial charge in [-0.25, -0.2) is 9.48 Å². The summed E-state index contributed by atoms with van der Waals surface area (Å²) >= 11 is 7.00. The topological polar surface area (TPSA) is 126 Å². The molecule has 0 aliphatic heterocycles. The zero-order chi connectivity index (χ0) is 23.3. The van der Waals surface area contributed by atoms with Crippen molar-refractivity contribution in [3.63, 3.8) is 0 Å². The fraction of sp³-hybridized carbons (Fsp3) is 0.238. The molecule has 1 aromatic carbocycles. The van der Waals surface area contributed by atoms with Crippen LogP contribution < -0.4 is 15.8 Å². The Hall–Kier alpha value is -3.37. The molecular formula is C21H21ClN4O5S. The van der Waals surface area contributed by atoms with E-state index < -0.39 is 17.8 Å². The van der Waals surface area contributed by atoms with Crippen LogP contribution in [0.2, 0.25) is 5.02 Å². The quantitative estimate of drug-likeness (QED) is 0.451. The molecule has 0 saturated heterocycles. The number of ether oxygens (including phenoxy) is 2. The Morgan fingerprint density at radius 3 is 2.69 bits per heavy atom. The first-order chi connectivity index (χ1) is 15.3. The van der Waals surface area contributed by atoms with Gasteiger partial charge in [0.25, 0.3) is 11.8 Å². The van der Waals surface area contributed by atoms with Crippen molar-refractivity contribution in [2.45, 2.75) is 27.0 Å². The van der Waals surface area contributed by atoms with E-state index in [4.69, 9.17) is 26.8 Å². The van der Waals surface area contributed by atoms with Crippen LogP contribution in [0.1, 0.15) is 49.4 Å². The number of rotatable bonds is 9. The number of carbonyl (C=O) groups is 3. The van der Waals surface area contributed by atoms with Gasteiger partial charge in [0.15, 0.2) is 6.73 Å². The number of halogens is 1. The van der Waals surface area contributed by atoms with Crippen LogP contribution in [0.3, 0.4) is 0 Å². The number of hydrogen-bond acceptors (Lipinski definition) is 7. The van der Waals surface area contributed by atoms with Gasteiger partial charge in [0.2, 0.25) is 0 Å². The summed E-state index contributed by atoms with van der Waals surface area (Å²) in [6.07, 6.45) is 2.07. The maximum Gasteiger partial charge on any atom is 0.341 e. The molecule has 2 amide bonds. The zero-order valence-corrected chi connectivity index (χ0v) is 19.0. The lowest BCUT2D eigenvalue weighted by molar-refractivity contribution is 0.0506. The van der Waals surface area contributed by atoms with Crippen molar-refractivity contribution in [1.29, 1.82) is 0 Å². The fourth-order valence-electron chi connectivity index (χ4n) is 2.84. The minimum Gasteiger partial charge on any atom is -0.470 e. The fourth-order valence-corrected chi connectivity index (χ4v) is 4.07. The van der Waals surface area contributed by atoms with Crippen molar-refractivity contribution in [3.8, 4) is 5.75 Å². The molecule has 2 heterocycles. The normalized spacial score (nSPS) is 10.6. The summed E-state index contributed by atoms with van der Waals surface area (Å²) < 4.78 is 12.2. The molecule has 11 heteroatoms. The number of thiophene rings is 1.